The monoisotopic (exact) mass is 376 g/mol. The van der Waals surface area contributed by atoms with Crippen molar-refractivity contribution in [1.29, 1.82) is 0 Å². The quantitative estimate of drug-likeness (QED) is 0.744. The highest BCUT2D eigenvalue weighted by Crippen LogP contribution is 2.35. The number of furan rings is 2. The summed E-state index contributed by atoms with van der Waals surface area (Å²) in [5, 5.41) is 2.83. The van der Waals surface area contributed by atoms with E-state index in [4.69, 9.17) is 8.83 Å². The molecule has 3 aromatic rings. The van der Waals surface area contributed by atoms with Gasteiger partial charge in [-0.25, -0.2) is 0 Å². The smallest absolute Gasteiger partial charge is 0.291 e. The Labute approximate surface area is 162 Å². The van der Waals surface area contributed by atoms with Gasteiger partial charge in [-0.1, -0.05) is 12.1 Å². The zero-order valence-electron chi connectivity index (χ0n) is 15.3. The summed E-state index contributed by atoms with van der Waals surface area (Å²) in [4.78, 5) is 26.5. The fourth-order valence-corrected chi connectivity index (χ4v) is 3.60. The van der Waals surface area contributed by atoms with Gasteiger partial charge in [0.1, 0.15) is 11.5 Å². The molecule has 2 aliphatic rings. The molecule has 1 aliphatic heterocycles. The topological polar surface area (TPSA) is 75.7 Å². The lowest BCUT2D eigenvalue weighted by molar-refractivity contribution is -0.133. The number of nitrogens with one attached hydrogen (secondary N) is 1. The summed E-state index contributed by atoms with van der Waals surface area (Å²) in [6.45, 7) is 1.33. The first-order valence-corrected chi connectivity index (χ1v) is 9.53. The van der Waals surface area contributed by atoms with E-state index in [-0.39, 0.29) is 23.5 Å². The van der Waals surface area contributed by atoms with E-state index in [0.29, 0.717) is 18.8 Å². The van der Waals surface area contributed by atoms with Crippen molar-refractivity contribution in [3.8, 4) is 11.3 Å². The van der Waals surface area contributed by atoms with Gasteiger partial charge < -0.3 is 19.1 Å². The average Bonchev–Trinajstić information content (AvgIpc) is 3.24. The molecule has 3 heterocycles. The van der Waals surface area contributed by atoms with Gasteiger partial charge in [-0.05, 0) is 43.2 Å². The van der Waals surface area contributed by atoms with Crippen molar-refractivity contribution in [1.82, 2.24) is 4.90 Å². The fourth-order valence-electron chi connectivity index (χ4n) is 3.60. The molecule has 1 N–H and O–H groups in total. The van der Waals surface area contributed by atoms with Gasteiger partial charge in [0.15, 0.2) is 5.76 Å². The van der Waals surface area contributed by atoms with Gasteiger partial charge in [0, 0.05) is 42.2 Å². The Balaban J connectivity index is 1.34. The summed E-state index contributed by atoms with van der Waals surface area (Å²) >= 11 is 0. The van der Waals surface area contributed by atoms with Crippen LogP contribution < -0.4 is 5.32 Å². The molecule has 5 rings (SSSR count). The van der Waals surface area contributed by atoms with Crippen molar-refractivity contribution in [2.24, 2.45) is 5.92 Å². The molecule has 0 spiro atoms. The first-order chi connectivity index (χ1) is 13.7. The van der Waals surface area contributed by atoms with Crippen molar-refractivity contribution >= 4 is 17.5 Å². The second-order valence-electron chi connectivity index (χ2n) is 7.36. The number of anilines is 1. The average molecular weight is 376 g/mol. The van der Waals surface area contributed by atoms with Gasteiger partial charge >= 0.3 is 0 Å². The predicted octanol–water partition coefficient (Wildman–Crippen LogP) is 4.09. The number of carbonyl (C=O) groups is 2. The summed E-state index contributed by atoms with van der Waals surface area (Å²) in [5.41, 5.74) is 2.62. The summed E-state index contributed by atoms with van der Waals surface area (Å²) < 4.78 is 11.2. The maximum Gasteiger partial charge on any atom is 0.291 e. The number of amides is 2. The first kappa shape index (κ1) is 16.9. The molecule has 28 heavy (non-hydrogen) atoms. The molecule has 1 aromatic carbocycles. The third-order valence-corrected chi connectivity index (χ3v) is 5.25. The van der Waals surface area contributed by atoms with Gasteiger partial charge in [0.2, 0.25) is 5.91 Å². The molecule has 6 heteroatoms. The summed E-state index contributed by atoms with van der Waals surface area (Å²) in [7, 11) is 0. The van der Waals surface area contributed by atoms with E-state index < -0.39 is 0 Å². The standard InChI is InChI=1S/C22H20N2O4/c25-21(19-5-2-10-27-19)23-17-4-1-3-15(11-17)20-12-16-13-24(9-8-18(16)28-20)22(26)14-6-7-14/h1-5,10-12,14H,6-9,13H2,(H,23,25). The second-order valence-corrected chi connectivity index (χ2v) is 7.36. The van der Waals surface area contributed by atoms with Crippen LogP contribution in [0.2, 0.25) is 0 Å². The van der Waals surface area contributed by atoms with Crippen LogP contribution in [0.1, 0.15) is 34.7 Å². The van der Waals surface area contributed by atoms with Crippen molar-refractivity contribution in [3.63, 3.8) is 0 Å². The molecule has 1 saturated carbocycles. The molecular formula is C22H20N2O4. The summed E-state index contributed by atoms with van der Waals surface area (Å²) in [5.74, 6) is 2.17. The van der Waals surface area contributed by atoms with Gasteiger partial charge in [0.25, 0.3) is 5.91 Å². The molecule has 2 amide bonds. The Kier molecular flexibility index (Phi) is 4.04. The van der Waals surface area contributed by atoms with Crippen LogP contribution in [0.5, 0.6) is 0 Å². The molecule has 6 nitrogen and oxygen atoms in total. The molecule has 0 bridgehead atoms. The van der Waals surface area contributed by atoms with Crippen LogP contribution in [-0.4, -0.2) is 23.3 Å². The van der Waals surface area contributed by atoms with Crippen LogP contribution >= 0.6 is 0 Å². The van der Waals surface area contributed by atoms with Crippen molar-refractivity contribution in [2.75, 3.05) is 11.9 Å². The van der Waals surface area contributed by atoms with E-state index in [9.17, 15) is 9.59 Å². The van der Waals surface area contributed by atoms with Crippen LogP contribution in [0.4, 0.5) is 5.69 Å². The first-order valence-electron chi connectivity index (χ1n) is 9.53. The number of hydrogen-bond donors (Lipinski definition) is 1. The molecule has 0 atom stereocenters. The molecule has 2 aromatic heterocycles. The van der Waals surface area contributed by atoms with Crippen LogP contribution in [-0.2, 0) is 17.8 Å². The van der Waals surface area contributed by atoms with Crippen molar-refractivity contribution in [3.05, 3.63) is 65.8 Å². The molecular weight excluding hydrogens is 356 g/mol. The highest BCUT2D eigenvalue weighted by Gasteiger charge is 2.35. The second kappa shape index (κ2) is 6.71. The molecule has 0 radical (unpaired) electrons. The zero-order valence-corrected chi connectivity index (χ0v) is 15.3. The molecule has 1 aliphatic carbocycles. The molecule has 0 unspecified atom stereocenters. The normalized spacial score (nSPS) is 15.9. The minimum atomic E-state index is -0.296. The number of nitrogens with zero attached hydrogens (tertiary/aromatic N) is 1. The third kappa shape index (κ3) is 3.22. The Bertz CT molecular complexity index is 1030. The zero-order chi connectivity index (χ0) is 19.1. The Morgan fingerprint density at radius 1 is 1.11 bits per heavy atom. The summed E-state index contributed by atoms with van der Waals surface area (Å²) in [6, 6.07) is 12.8. The number of benzene rings is 1. The van der Waals surface area contributed by atoms with E-state index in [1.807, 2.05) is 35.2 Å². The molecule has 0 saturated heterocycles. The minimum absolute atomic E-state index is 0.238. The van der Waals surface area contributed by atoms with Gasteiger partial charge in [-0.2, -0.15) is 0 Å². The SMILES string of the molecule is O=C(Nc1cccc(-c2cc3c(o2)CCN(C(=O)C2CC2)C3)c1)c1ccco1. The van der Waals surface area contributed by atoms with Crippen LogP contribution in [0, 0.1) is 5.92 Å². The number of rotatable bonds is 4. The third-order valence-electron chi connectivity index (χ3n) is 5.25. The van der Waals surface area contributed by atoms with Crippen molar-refractivity contribution in [2.45, 2.75) is 25.8 Å². The highest BCUT2D eigenvalue weighted by molar-refractivity contribution is 6.02. The molecule has 142 valence electrons. The maximum absolute atomic E-state index is 12.3. The minimum Gasteiger partial charge on any atom is -0.461 e. The van der Waals surface area contributed by atoms with Gasteiger partial charge in [0.05, 0.1) is 6.26 Å². The maximum atomic E-state index is 12.3. The van der Waals surface area contributed by atoms with Gasteiger partial charge in [-0.15, -0.1) is 0 Å². The lowest BCUT2D eigenvalue weighted by Gasteiger charge is -2.26. The number of hydrogen-bond acceptors (Lipinski definition) is 4. The fraction of sp³-hybridized carbons (Fsp3) is 0.273. The lowest BCUT2D eigenvalue weighted by atomic mass is 10.1. The predicted molar refractivity (Wildman–Crippen MR) is 103 cm³/mol. The molecule has 1 fully saturated rings. The number of fused-ring (bicyclic) bond motifs is 1. The van der Waals surface area contributed by atoms with Crippen LogP contribution in [0.15, 0.2) is 57.6 Å². The van der Waals surface area contributed by atoms with E-state index in [1.165, 1.54) is 6.26 Å². The van der Waals surface area contributed by atoms with Crippen LogP contribution in [0.25, 0.3) is 11.3 Å². The van der Waals surface area contributed by atoms with Crippen molar-refractivity contribution < 1.29 is 18.4 Å². The Hall–Kier alpha value is -3.28. The lowest BCUT2D eigenvalue weighted by Crippen LogP contribution is -2.36. The highest BCUT2D eigenvalue weighted by atomic mass is 16.3. The van der Waals surface area contributed by atoms with Crippen LogP contribution in [0.3, 0.4) is 0 Å². The van der Waals surface area contributed by atoms with E-state index in [2.05, 4.69) is 5.32 Å². The largest absolute Gasteiger partial charge is 0.461 e. The number of carbonyl (C=O) groups excluding carboxylic acids is 2. The van der Waals surface area contributed by atoms with E-state index >= 15 is 0 Å². The summed E-state index contributed by atoms with van der Waals surface area (Å²) in [6.07, 6.45) is 4.25. The van der Waals surface area contributed by atoms with E-state index in [0.717, 1.165) is 41.9 Å². The van der Waals surface area contributed by atoms with E-state index in [1.54, 1.807) is 12.1 Å². The van der Waals surface area contributed by atoms with Gasteiger partial charge in [-0.3, -0.25) is 9.59 Å². The Morgan fingerprint density at radius 2 is 2.00 bits per heavy atom. The Morgan fingerprint density at radius 3 is 2.79 bits per heavy atom.